The first kappa shape index (κ1) is 9.12. The van der Waals surface area contributed by atoms with Gasteiger partial charge in [0, 0.05) is 6.84 Å². The third-order valence-corrected chi connectivity index (χ3v) is 2.13. The van der Waals surface area contributed by atoms with Crippen LogP contribution in [0.15, 0.2) is 6.20 Å². The van der Waals surface area contributed by atoms with Gasteiger partial charge in [-0.05, 0) is 6.92 Å². The van der Waals surface area contributed by atoms with Crippen LogP contribution in [0.2, 0.25) is 0 Å². The van der Waals surface area contributed by atoms with Gasteiger partial charge in [-0.15, -0.1) is 0 Å². The van der Waals surface area contributed by atoms with Gasteiger partial charge in [0.05, 0.1) is 17.3 Å². The topological polar surface area (TPSA) is 54.5 Å². The van der Waals surface area contributed by atoms with Gasteiger partial charge in [0.25, 0.3) is 0 Å². The second-order valence-electron chi connectivity index (χ2n) is 4.50. The monoisotopic (exact) mass is 192 g/mol. The highest BCUT2D eigenvalue weighted by Gasteiger charge is 2.20. The number of aromatic nitrogens is 4. The maximum atomic E-state index is 4.47. The Kier molecular flexibility index (Phi) is 1.80. The number of aromatic amines is 1. The fraction of sp³-hybridized carbons (Fsp3) is 0.500. The molecule has 4 heteroatoms. The molecule has 0 spiro atoms. The van der Waals surface area contributed by atoms with Crippen molar-refractivity contribution in [2.75, 3.05) is 0 Å². The average molecular weight is 192 g/mol. The lowest BCUT2D eigenvalue weighted by Gasteiger charge is -2.18. The van der Waals surface area contributed by atoms with E-state index in [-0.39, 0.29) is 6.84 Å². The van der Waals surface area contributed by atoms with Gasteiger partial charge in [-0.3, -0.25) is 5.10 Å². The zero-order chi connectivity index (χ0) is 10.3. The summed E-state index contributed by atoms with van der Waals surface area (Å²) in [5, 5.41) is 7.88. The lowest BCUT2D eigenvalue weighted by Crippen LogP contribution is -2.15. The van der Waals surface area contributed by atoms with Crippen LogP contribution in [0.25, 0.3) is 11.0 Å². The maximum absolute atomic E-state index is 4.47. The van der Waals surface area contributed by atoms with Crippen molar-refractivity contribution in [3.8, 4) is 0 Å². The van der Waals surface area contributed by atoms with Gasteiger partial charge in [-0.1, -0.05) is 20.8 Å². The molecule has 2 heterocycles. The molecular formula is C10H16N4. The summed E-state index contributed by atoms with van der Waals surface area (Å²) in [4.78, 5) is 8.75. The van der Waals surface area contributed by atoms with Crippen LogP contribution in [0.5, 0.6) is 0 Å². The van der Waals surface area contributed by atoms with Crippen molar-refractivity contribution >= 4 is 11.0 Å². The lowest BCUT2D eigenvalue weighted by molar-refractivity contribution is 0.572. The third-order valence-electron chi connectivity index (χ3n) is 2.13. The summed E-state index contributed by atoms with van der Waals surface area (Å²) < 4.78 is 0. The van der Waals surface area contributed by atoms with Crippen LogP contribution in [-0.4, -0.2) is 20.2 Å². The number of H-pyrrole nitrogens is 1. The number of aryl methyl sites for hydroxylation is 1. The number of rotatable bonds is 0. The molecule has 0 unspecified atom stereocenters. The number of nitrogens with one attached hydrogen (secondary N) is 1. The Bertz CT molecular complexity index is 470. The molecule has 1 N–H and O–H groups in total. The van der Waals surface area contributed by atoms with Crippen LogP contribution in [0, 0.1) is 6.92 Å². The SMILES string of the molecule is Cc1nc(C(C)(C)C)c2cn[nH]c2n1.[HH]. The number of nitrogens with zero attached hydrogens (tertiary/aromatic N) is 3. The van der Waals surface area contributed by atoms with E-state index < -0.39 is 0 Å². The Morgan fingerprint density at radius 1 is 1.29 bits per heavy atom. The molecular weight excluding hydrogens is 176 g/mol. The minimum absolute atomic E-state index is 0. The van der Waals surface area contributed by atoms with E-state index in [1.54, 1.807) is 6.20 Å². The predicted octanol–water partition coefficient (Wildman–Crippen LogP) is 2.20. The molecule has 0 aliphatic carbocycles. The molecule has 2 aromatic heterocycles. The Morgan fingerprint density at radius 2 is 2.00 bits per heavy atom. The van der Waals surface area contributed by atoms with Crippen molar-refractivity contribution in [3.63, 3.8) is 0 Å². The zero-order valence-electron chi connectivity index (χ0n) is 8.92. The molecule has 0 aliphatic heterocycles. The largest absolute Gasteiger partial charge is 0.261 e. The molecule has 2 aromatic rings. The first-order chi connectivity index (χ1) is 6.48. The van der Waals surface area contributed by atoms with E-state index in [2.05, 4.69) is 40.9 Å². The van der Waals surface area contributed by atoms with Gasteiger partial charge in [0.15, 0.2) is 5.65 Å². The summed E-state index contributed by atoms with van der Waals surface area (Å²) >= 11 is 0. The van der Waals surface area contributed by atoms with Crippen molar-refractivity contribution in [2.45, 2.75) is 33.1 Å². The van der Waals surface area contributed by atoms with Crippen LogP contribution in [0.1, 0.15) is 33.7 Å². The van der Waals surface area contributed by atoms with E-state index in [0.29, 0.717) is 0 Å². The molecule has 0 saturated heterocycles. The molecule has 0 radical (unpaired) electrons. The second-order valence-corrected chi connectivity index (χ2v) is 4.50. The van der Waals surface area contributed by atoms with Crippen LogP contribution in [-0.2, 0) is 5.41 Å². The smallest absolute Gasteiger partial charge is 0.159 e. The van der Waals surface area contributed by atoms with E-state index in [9.17, 15) is 0 Å². The summed E-state index contributed by atoms with van der Waals surface area (Å²) in [7, 11) is 0. The fourth-order valence-electron chi connectivity index (χ4n) is 1.52. The Morgan fingerprint density at radius 3 is 2.64 bits per heavy atom. The van der Waals surface area contributed by atoms with Crippen LogP contribution < -0.4 is 0 Å². The van der Waals surface area contributed by atoms with Crippen molar-refractivity contribution in [1.29, 1.82) is 0 Å². The molecule has 0 aromatic carbocycles. The summed E-state index contributed by atoms with van der Waals surface area (Å²) in [6.45, 7) is 8.32. The van der Waals surface area contributed by atoms with Crippen molar-refractivity contribution in [1.82, 2.24) is 20.2 Å². The molecule has 2 rings (SSSR count). The van der Waals surface area contributed by atoms with Gasteiger partial charge in [-0.25, -0.2) is 9.97 Å². The molecule has 0 saturated carbocycles. The predicted molar refractivity (Wildman–Crippen MR) is 57.2 cm³/mol. The fourth-order valence-corrected chi connectivity index (χ4v) is 1.52. The van der Waals surface area contributed by atoms with E-state index in [0.717, 1.165) is 22.6 Å². The van der Waals surface area contributed by atoms with E-state index in [1.807, 2.05) is 6.92 Å². The third kappa shape index (κ3) is 1.36. The van der Waals surface area contributed by atoms with Crippen molar-refractivity contribution < 1.29 is 1.43 Å². The van der Waals surface area contributed by atoms with Gasteiger partial charge in [0.2, 0.25) is 0 Å². The van der Waals surface area contributed by atoms with Crippen LogP contribution in [0.3, 0.4) is 0 Å². The highest BCUT2D eigenvalue weighted by Crippen LogP contribution is 2.26. The molecule has 4 nitrogen and oxygen atoms in total. The molecule has 0 fully saturated rings. The molecule has 76 valence electrons. The Balaban J connectivity index is 0.00000112. The second kappa shape index (κ2) is 2.77. The van der Waals surface area contributed by atoms with Crippen LogP contribution >= 0.6 is 0 Å². The molecule has 14 heavy (non-hydrogen) atoms. The Hall–Kier alpha value is -1.45. The summed E-state index contributed by atoms with van der Waals surface area (Å²) in [5.74, 6) is 0.784. The number of hydrogen-bond donors (Lipinski definition) is 1. The summed E-state index contributed by atoms with van der Waals surface area (Å²) in [6.07, 6.45) is 1.79. The summed E-state index contributed by atoms with van der Waals surface area (Å²) in [5.41, 5.74) is 1.90. The van der Waals surface area contributed by atoms with Crippen molar-refractivity contribution in [2.24, 2.45) is 0 Å². The first-order valence-electron chi connectivity index (χ1n) is 4.66. The zero-order valence-corrected chi connectivity index (χ0v) is 8.92. The molecule has 0 aliphatic rings. The first-order valence-corrected chi connectivity index (χ1v) is 4.66. The quantitative estimate of drug-likeness (QED) is 0.696. The van der Waals surface area contributed by atoms with E-state index >= 15 is 0 Å². The lowest BCUT2D eigenvalue weighted by atomic mass is 9.90. The normalized spacial score (nSPS) is 12.3. The molecule has 0 bridgehead atoms. The van der Waals surface area contributed by atoms with Gasteiger partial charge in [0.1, 0.15) is 5.82 Å². The standard InChI is InChI=1S/C10H14N4.H2/c1-6-12-8(10(2,3)4)7-5-11-14-9(7)13-6;/h5H,1-4H3,(H,11,12,13,14);1H. The van der Waals surface area contributed by atoms with E-state index in [4.69, 9.17) is 0 Å². The Labute approximate surface area is 84.3 Å². The minimum atomic E-state index is 0. The minimum Gasteiger partial charge on any atom is -0.261 e. The molecule has 0 atom stereocenters. The maximum Gasteiger partial charge on any atom is 0.159 e. The van der Waals surface area contributed by atoms with Gasteiger partial charge in [-0.2, -0.15) is 5.10 Å². The number of fused-ring (bicyclic) bond motifs is 1. The van der Waals surface area contributed by atoms with Gasteiger partial charge < -0.3 is 0 Å². The molecule has 0 amide bonds. The highest BCUT2D eigenvalue weighted by atomic mass is 15.1. The van der Waals surface area contributed by atoms with Gasteiger partial charge >= 0.3 is 0 Å². The van der Waals surface area contributed by atoms with E-state index in [1.165, 1.54) is 0 Å². The summed E-state index contributed by atoms with van der Waals surface area (Å²) in [6, 6.07) is 0. The van der Waals surface area contributed by atoms with Crippen molar-refractivity contribution in [3.05, 3.63) is 17.7 Å². The van der Waals surface area contributed by atoms with Crippen LogP contribution in [0.4, 0.5) is 0 Å². The average Bonchev–Trinajstić information content (AvgIpc) is 2.47. The number of hydrogen-bond acceptors (Lipinski definition) is 3. The highest BCUT2D eigenvalue weighted by molar-refractivity contribution is 5.77.